The summed E-state index contributed by atoms with van der Waals surface area (Å²) in [5.41, 5.74) is 0.903. The number of benzene rings is 1. The summed E-state index contributed by atoms with van der Waals surface area (Å²) in [5.74, 6) is -1.76. The average molecular weight is 382 g/mol. The fraction of sp³-hybridized carbons (Fsp3) is 0.235. The molecule has 0 bridgehead atoms. The van der Waals surface area contributed by atoms with E-state index in [1.165, 1.54) is 6.08 Å². The molecule has 0 aliphatic carbocycles. The molecule has 0 spiro atoms. The van der Waals surface area contributed by atoms with Crippen LogP contribution in [0.2, 0.25) is 0 Å². The van der Waals surface area contributed by atoms with Crippen LogP contribution >= 0.6 is 35.6 Å². The molecule has 1 aliphatic heterocycles. The molecule has 1 fully saturated rings. The van der Waals surface area contributed by atoms with Crippen LogP contribution in [0.1, 0.15) is 19.4 Å². The maximum atomic E-state index is 12.6. The van der Waals surface area contributed by atoms with E-state index in [-0.39, 0.29) is 10.2 Å². The minimum absolute atomic E-state index is 0.233. The number of carbonyl (C=O) groups excluding carboxylic acids is 1. The molecule has 1 aliphatic rings. The summed E-state index contributed by atoms with van der Waals surface area (Å²) in [7, 11) is 0. The van der Waals surface area contributed by atoms with Crippen LogP contribution in [0.25, 0.3) is 6.08 Å². The number of amides is 1. The van der Waals surface area contributed by atoms with Crippen molar-refractivity contribution in [1.29, 1.82) is 0 Å². The van der Waals surface area contributed by atoms with Gasteiger partial charge in [-0.1, -0.05) is 79.8 Å². The highest BCUT2D eigenvalue weighted by Crippen LogP contribution is 2.35. The Balaban J connectivity index is 2.28. The number of carboxylic acid groups (broad SMARTS) is 1. The largest absolute Gasteiger partial charge is 0.480 e. The SMILES string of the molecule is CC(C)[C@H](C(=O)O)N1C(=O)/C(=C/C(Cl)=C/c2ccccc2)SC1=S. The number of aliphatic carboxylic acids is 1. The molecule has 1 N–H and O–H groups in total. The minimum atomic E-state index is -1.08. The predicted octanol–water partition coefficient (Wildman–Crippen LogP) is 4.12. The van der Waals surface area contributed by atoms with Crippen molar-refractivity contribution in [1.82, 2.24) is 4.90 Å². The van der Waals surface area contributed by atoms with Crippen LogP contribution in [0.4, 0.5) is 0 Å². The number of allylic oxidation sites excluding steroid dienone is 2. The molecule has 7 heteroatoms. The maximum absolute atomic E-state index is 12.6. The van der Waals surface area contributed by atoms with E-state index in [1.807, 2.05) is 30.3 Å². The number of hydrogen-bond acceptors (Lipinski definition) is 4. The van der Waals surface area contributed by atoms with E-state index in [0.717, 1.165) is 22.2 Å². The number of thiocarbonyl (C=S) groups is 1. The summed E-state index contributed by atoms with van der Waals surface area (Å²) in [6.45, 7) is 3.48. The Morgan fingerprint density at radius 2 is 1.96 bits per heavy atom. The number of hydrogen-bond donors (Lipinski definition) is 1. The van der Waals surface area contributed by atoms with E-state index < -0.39 is 17.9 Å². The van der Waals surface area contributed by atoms with Gasteiger partial charge in [-0.25, -0.2) is 4.79 Å². The van der Waals surface area contributed by atoms with Crippen LogP contribution in [0.15, 0.2) is 46.3 Å². The molecule has 1 aromatic rings. The Morgan fingerprint density at radius 3 is 2.50 bits per heavy atom. The third kappa shape index (κ3) is 4.26. The third-order valence-corrected chi connectivity index (χ3v) is 4.91. The molecule has 0 radical (unpaired) electrons. The van der Waals surface area contributed by atoms with Gasteiger partial charge in [-0.2, -0.15) is 0 Å². The zero-order valence-corrected chi connectivity index (χ0v) is 15.5. The van der Waals surface area contributed by atoms with Gasteiger partial charge in [0.1, 0.15) is 10.4 Å². The summed E-state index contributed by atoms with van der Waals surface area (Å²) in [6.07, 6.45) is 3.25. The maximum Gasteiger partial charge on any atom is 0.327 e. The standard InChI is InChI=1S/C17H16ClNO3S2/c1-10(2)14(16(21)22)19-15(20)13(24-17(19)23)9-12(18)8-11-6-4-3-5-7-11/h3-10,14H,1-2H3,(H,21,22)/b12-8-,13-9-/t14-/m1/s1. The van der Waals surface area contributed by atoms with E-state index in [4.69, 9.17) is 23.8 Å². The summed E-state index contributed by atoms with van der Waals surface area (Å²) >= 11 is 12.5. The van der Waals surface area contributed by atoms with Crippen molar-refractivity contribution < 1.29 is 14.7 Å². The van der Waals surface area contributed by atoms with Gasteiger partial charge in [-0.3, -0.25) is 9.69 Å². The quantitative estimate of drug-likeness (QED) is 0.614. The Kier molecular flexibility index (Phi) is 6.21. The zero-order chi connectivity index (χ0) is 17.9. The van der Waals surface area contributed by atoms with Gasteiger partial charge < -0.3 is 5.11 Å². The lowest BCUT2D eigenvalue weighted by molar-refractivity contribution is -0.146. The van der Waals surface area contributed by atoms with Crippen molar-refractivity contribution in [2.75, 3.05) is 0 Å². The first kappa shape index (κ1) is 18.7. The van der Waals surface area contributed by atoms with E-state index in [0.29, 0.717) is 9.94 Å². The third-order valence-electron chi connectivity index (χ3n) is 3.36. The molecule has 1 aromatic carbocycles. The lowest BCUT2D eigenvalue weighted by Gasteiger charge is -2.26. The van der Waals surface area contributed by atoms with Crippen LogP contribution < -0.4 is 0 Å². The van der Waals surface area contributed by atoms with Crippen molar-refractivity contribution in [3.05, 3.63) is 51.9 Å². The molecular weight excluding hydrogens is 366 g/mol. The number of nitrogens with zero attached hydrogens (tertiary/aromatic N) is 1. The number of carbonyl (C=O) groups is 2. The summed E-state index contributed by atoms with van der Waals surface area (Å²) in [4.78, 5) is 25.5. The van der Waals surface area contributed by atoms with Gasteiger partial charge in [0.2, 0.25) is 0 Å². The van der Waals surface area contributed by atoms with Gasteiger partial charge >= 0.3 is 5.97 Å². The van der Waals surface area contributed by atoms with Crippen LogP contribution in [-0.4, -0.2) is 32.2 Å². The molecular formula is C17H16ClNO3S2. The minimum Gasteiger partial charge on any atom is -0.480 e. The number of halogens is 1. The first-order valence-corrected chi connectivity index (χ1v) is 8.83. The van der Waals surface area contributed by atoms with E-state index >= 15 is 0 Å². The van der Waals surface area contributed by atoms with Crippen LogP contribution in [0.5, 0.6) is 0 Å². The molecule has 0 unspecified atom stereocenters. The molecule has 0 saturated carbocycles. The summed E-state index contributed by atoms with van der Waals surface area (Å²) < 4.78 is 0.233. The smallest absolute Gasteiger partial charge is 0.327 e. The Labute approximate surface area is 155 Å². The molecule has 1 atom stereocenters. The predicted molar refractivity (Wildman–Crippen MR) is 102 cm³/mol. The molecule has 0 aromatic heterocycles. The monoisotopic (exact) mass is 381 g/mol. The van der Waals surface area contributed by atoms with Gasteiger partial charge in [0.05, 0.1) is 4.91 Å². The second kappa shape index (κ2) is 7.96. The molecule has 24 heavy (non-hydrogen) atoms. The van der Waals surface area contributed by atoms with Gasteiger partial charge in [-0.05, 0) is 23.6 Å². The Bertz CT molecular complexity index is 729. The van der Waals surface area contributed by atoms with Crippen molar-refractivity contribution >= 4 is 57.9 Å². The van der Waals surface area contributed by atoms with E-state index in [2.05, 4.69) is 0 Å². The normalized spacial score (nSPS) is 18.6. The summed E-state index contributed by atoms with van der Waals surface area (Å²) in [6, 6.07) is 8.46. The second-order valence-electron chi connectivity index (χ2n) is 5.52. The van der Waals surface area contributed by atoms with Crippen LogP contribution in [0.3, 0.4) is 0 Å². The lowest BCUT2D eigenvalue weighted by atomic mass is 10.0. The van der Waals surface area contributed by atoms with Crippen LogP contribution in [0, 0.1) is 5.92 Å². The molecule has 2 rings (SSSR count). The molecule has 126 valence electrons. The molecule has 1 heterocycles. The highest BCUT2D eigenvalue weighted by Gasteiger charge is 2.41. The highest BCUT2D eigenvalue weighted by molar-refractivity contribution is 8.26. The van der Waals surface area contributed by atoms with Gasteiger partial charge in [0, 0.05) is 5.03 Å². The van der Waals surface area contributed by atoms with E-state index in [9.17, 15) is 14.7 Å². The average Bonchev–Trinajstić information content (AvgIpc) is 2.75. The highest BCUT2D eigenvalue weighted by atomic mass is 35.5. The van der Waals surface area contributed by atoms with Gasteiger partial charge in [0.25, 0.3) is 5.91 Å². The van der Waals surface area contributed by atoms with E-state index in [1.54, 1.807) is 19.9 Å². The van der Waals surface area contributed by atoms with Crippen molar-refractivity contribution in [2.45, 2.75) is 19.9 Å². The molecule has 4 nitrogen and oxygen atoms in total. The van der Waals surface area contributed by atoms with Gasteiger partial charge in [0.15, 0.2) is 0 Å². The molecule has 1 amide bonds. The Hall–Kier alpha value is -1.63. The van der Waals surface area contributed by atoms with Crippen molar-refractivity contribution in [2.24, 2.45) is 5.92 Å². The van der Waals surface area contributed by atoms with Crippen molar-refractivity contribution in [3.8, 4) is 0 Å². The fourth-order valence-electron chi connectivity index (χ4n) is 2.29. The summed E-state index contributed by atoms with van der Waals surface area (Å²) in [5, 5.41) is 9.76. The topological polar surface area (TPSA) is 57.6 Å². The number of thioether (sulfide) groups is 1. The van der Waals surface area contributed by atoms with Crippen LogP contribution in [-0.2, 0) is 9.59 Å². The second-order valence-corrected chi connectivity index (χ2v) is 7.63. The number of rotatable bonds is 5. The lowest BCUT2D eigenvalue weighted by Crippen LogP contribution is -2.47. The first-order chi connectivity index (χ1) is 11.3. The zero-order valence-electron chi connectivity index (χ0n) is 13.1. The van der Waals surface area contributed by atoms with Gasteiger partial charge in [-0.15, -0.1) is 0 Å². The number of carboxylic acids is 1. The van der Waals surface area contributed by atoms with Crippen molar-refractivity contribution in [3.63, 3.8) is 0 Å². The fourth-order valence-corrected chi connectivity index (χ4v) is 3.91. The first-order valence-electron chi connectivity index (χ1n) is 7.23. The Morgan fingerprint density at radius 1 is 1.33 bits per heavy atom. The molecule has 1 saturated heterocycles.